The van der Waals surface area contributed by atoms with E-state index in [1.165, 1.54) is 0 Å². The van der Waals surface area contributed by atoms with Crippen LogP contribution in [0.25, 0.3) is 0 Å². The summed E-state index contributed by atoms with van der Waals surface area (Å²) in [5.41, 5.74) is 0. The first-order valence-electron chi connectivity index (χ1n) is 6.94. The lowest BCUT2D eigenvalue weighted by atomic mass is 10.3. The van der Waals surface area contributed by atoms with Gasteiger partial charge in [-0.15, -0.1) is 0 Å². The van der Waals surface area contributed by atoms with Gasteiger partial charge in [0, 0.05) is 12.3 Å². The highest BCUT2D eigenvalue weighted by Crippen LogP contribution is 2.14. The third kappa shape index (κ3) is 4.98. The monoisotopic (exact) mass is 296 g/mol. The van der Waals surface area contributed by atoms with Gasteiger partial charge in [-0.1, -0.05) is 31.5 Å². The number of carbonyl (C=O) groups excluding carboxylic acids is 1. The molecule has 5 heteroatoms. The van der Waals surface area contributed by atoms with Crippen LogP contribution in [0, 0.1) is 0 Å². The van der Waals surface area contributed by atoms with Crippen LogP contribution in [0.1, 0.15) is 19.8 Å². The molecule has 0 aliphatic rings. The van der Waals surface area contributed by atoms with Gasteiger partial charge in [-0.3, -0.25) is 0 Å². The fourth-order valence-electron chi connectivity index (χ4n) is 1.71. The molecule has 0 aliphatic heterocycles. The minimum absolute atomic E-state index is 0.0606. The fraction of sp³-hybridized carbons (Fsp3) is 0.533. The topological polar surface area (TPSA) is 44.8 Å². The second-order valence-corrected chi connectivity index (χ2v) is 9.04. The van der Waals surface area contributed by atoms with Crippen molar-refractivity contribution in [2.75, 3.05) is 20.3 Å². The Bertz CT molecular complexity index is 432. The zero-order chi connectivity index (χ0) is 15.0. The van der Waals surface area contributed by atoms with Gasteiger partial charge in [0.05, 0.1) is 6.61 Å². The average molecular weight is 296 g/mol. The predicted octanol–water partition coefficient (Wildman–Crippen LogP) is 2.47. The number of rotatable bonds is 8. The van der Waals surface area contributed by atoms with E-state index >= 15 is 0 Å². The van der Waals surface area contributed by atoms with Crippen LogP contribution in [0.2, 0.25) is 13.1 Å². The van der Waals surface area contributed by atoms with E-state index in [0.717, 1.165) is 18.0 Å². The standard InChI is InChI=1S/C15H24O4Si/c1-5-6-11-18-15(16)12-19-13-9-7-8-10-14(13)20(3,4)17-2/h7-10H,5-6,11-12H2,1-4H3. The highest BCUT2D eigenvalue weighted by molar-refractivity contribution is 6.85. The minimum Gasteiger partial charge on any atom is -0.482 e. The Balaban J connectivity index is 2.62. The quantitative estimate of drug-likeness (QED) is 0.420. The molecule has 0 unspecified atom stereocenters. The molecular formula is C15H24O4Si. The number of hydrogen-bond acceptors (Lipinski definition) is 4. The van der Waals surface area contributed by atoms with E-state index < -0.39 is 8.32 Å². The zero-order valence-corrected chi connectivity index (χ0v) is 13.8. The van der Waals surface area contributed by atoms with Crippen LogP contribution in [-0.2, 0) is 14.0 Å². The van der Waals surface area contributed by atoms with Crippen molar-refractivity contribution in [2.24, 2.45) is 0 Å². The van der Waals surface area contributed by atoms with Crippen molar-refractivity contribution in [3.63, 3.8) is 0 Å². The summed E-state index contributed by atoms with van der Waals surface area (Å²) in [5, 5.41) is 1.05. The van der Waals surface area contributed by atoms with Gasteiger partial charge in [-0.2, -0.15) is 0 Å². The Kier molecular flexibility index (Phi) is 6.74. The Hall–Kier alpha value is -1.33. The van der Waals surface area contributed by atoms with E-state index in [4.69, 9.17) is 13.9 Å². The predicted molar refractivity (Wildman–Crippen MR) is 81.9 cm³/mol. The molecule has 0 bridgehead atoms. The third-order valence-electron chi connectivity index (χ3n) is 3.15. The number of benzene rings is 1. The molecule has 1 aromatic rings. The van der Waals surface area contributed by atoms with E-state index in [1.807, 2.05) is 24.3 Å². The fourth-order valence-corrected chi connectivity index (χ4v) is 3.17. The van der Waals surface area contributed by atoms with Crippen molar-refractivity contribution in [2.45, 2.75) is 32.9 Å². The maximum absolute atomic E-state index is 11.6. The highest BCUT2D eigenvalue weighted by atomic mass is 28.4. The Labute approximate surface area is 122 Å². The smallest absolute Gasteiger partial charge is 0.344 e. The summed E-state index contributed by atoms with van der Waals surface area (Å²) in [6, 6.07) is 7.70. The molecule has 0 aliphatic carbocycles. The van der Waals surface area contributed by atoms with Gasteiger partial charge >= 0.3 is 5.97 Å². The van der Waals surface area contributed by atoms with Crippen LogP contribution >= 0.6 is 0 Å². The zero-order valence-electron chi connectivity index (χ0n) is 12.8. The lowest BCUT2D eigenvalue weighted by molar-refractivity contribution is -0.146. The van der Waals surface area contributed by atoms with Crippen molar-refractivity contribution in [1.82, 2.24) is 0 Å². The molecule has 0 saturated carbocycles. The maximum Gasteiger partial charge on any atom is 0.344 e. The highest BCUT2D eigenvalue weighted by Gasteiger charge is 2.27. The summed E-state index contributed by atoms with van der Waals surface area (Å²) >= 11 is 0. The second-order valence-electron chi connectivity index (χ2n) is 5.07. The van der Waals surface area contributed by atoms with Gasteiger partial charge in [0.2, 0.25) is 8.32 Å². The van der Waals surface area contributed by atoms with E-state index in [2.05, 4.69) is 20.0 Å². The van der Waals surface area contributed by atoms with Crippen molar-refractivity contribution in [1.29, 1.82) is 0 Å². The summed E-state index contributed by atoms with van der Waals surface area (Å²) in [5.74, 6) is 0.378. The van der Waals surface area contributed by atoms with Crippen LogP contribution in [-0.4, -0.2) is 34.6 Å². The van der Waals surface area contributed by atoms with E-state index in [1.54, 1.807) is 7.11 Å². The lowest BCUT2D eigenvalue weighted by Crippen LogP contribution is -2.44. The van der Waals surface area contributed by atoms with Crippen LogP contribution in [0.15, 0.2) is 24.3 Å². The Morgan fingerprint density at radius 1 is 1.25 bits per heavy atom. The summed E-state index contributed by atoms with van der Waals surface area (Å²) in [7, 11) is -0.268. The van der Waals surface area contributed by atoms with Crippen LogP contribution in [0.4, 0.5) is 0 Å². The van der Waals surface area contributed by atoms with Crippen molar-refractivity contribution in [3.8, 4) is 5.75 Å². The number of para-hydroxylation sites is 1. The molecule has 0 heterocycles. The number of hydrogen-bond donors (Lipinski definition) is 0. The normalized spacial score (nSPS) is 11.2. The molecule has 20 heavy (non-hydrogen) atoms. The number of esters is 1. The summed E-state index contributed by atoms with van der Waals surface area (Å²) in [6.07, 6.45) is 1.89. The van der Waals surface area contributed by atoms with Gasteiger partial charge in [0.1, 0.15) is 5.75 Å². The van der Waals surface area contributed by atoms with E-state index in [-0.39, 0.29) is 12.6 Å². The molecule has 0 N–H and O–H groups in total. The van der Waals surface area contributed by atoms with Gasteiger partial charge in [0.15, 0.2) is 6.61 Å². The molecule has 0 fully saturated rings. The molecule has 1 aromatic carbocycles. The molecule has 0 amide bonds. The molecule has 112 valence electrons. The molecule has 0 atom stereocenters. The van der Waals surface area contributed by atoms with Crippen molar-refractivity contribution < 1.29 is 18.7 Å². The maximum atomic E-state index is 11.6. The van der Waals surface area contributed by atoms with Gasteiger partial charge < -0.3 is 13.9 Å². The number of carbonyl (C=O) groups is 1. The minimum atomic E-state index is -1.98. The molecule has 0 radical (unpaired) electrons. The second kappa shape index (κ2) is 8.07. The SMILES string of the molecule is CCCCOC(=O)COc1ccccc1[Si](C)(C)OC. The molecule has 0 aromatic heterocycles. The van der Waals surface area contributed by atoms with Crippen molar-refractivity contribution >= 4 is 19.5 Å². The van der Waals surface area contributed by atoms with Crippen LogP contribution in [0.3, 0.4) is 0 Å². The van der Waals surface area contributed by atoms with Gasteiger partial charge in [-0.05, 0) is 25.6 Å². The van der Waals surface area contributed by atoms with Crippen LogP contribution in [0.5, 0.6) is 5.75 Å². The Morgan fingerprint density at radius 3 is 2.60 bits per heavy atom. The summed E-state index contributed by atoms with van der Waals surface area (Å²) in [6.45, 7) is 6.63. The average Bonchev–Trinajstić information content (AvgIpc) is 2.45. The van der Waals surface area contributed by atoms with Gasteiger partial charge in [-0.25, -0.2) is 4.79 Å². The Morgan fingerprint density at radius 2 is 1.95 bits per heavy atom. The molecular weight excluding hydrogens is 272 g/mol. The summed E-state index contributed by atoms with van der Waals surface area (Å²) in [4.78, 5) is 11.6. The third-order valence-corrected chi connectivity index (χ3v) is 5.88. The number of ether oxygens (including phenoxy) is 2. The first kappa shape index (κ1) is 16.7. The number of unbranched alkanes of at least 4 members (excludes halogenated alkanes) is 1. The largest absolute Gasteiger partial charge is 0.482 e. The van der Waals surface area contributed by atoms with Crippen molar-refractivity contribution in [3.05, 3.63) is 24.3 Å². The van der Waals surface area contributed by atoms with Gasteiger partial charge in [0.25, 0.3) is 0 Å². The van der Waals surface area contributed by atoms with E-state index in [0.29, 0.717) is 12.4 Å². The van der Waals surface area contributed by atoms with E-state index in [9.17, 15) is 4.79 Å². The molecule has 4 nitrogen and oxygen atoms in total. The first-order valence-corrected chi connectivity index (χ1v) is 9.85. The molecule has 1 rings (SSSR count). The van der Waals surface area contributed by atoms with Crippen LogP contribution < -0.4 is 9.92 Å². The lowest BCUT2D eigenvalue weighted by Gasteiger charge is -2.23. The molecule has 0 saturated heterocycles. The summed E-state index contributed by atoms with van der Waals surface area (Å²) < 4.78 is 16.3. The first-order chi connectivity index (χ1) is 9.51. The molecule has 0 spiro atoms.